The summed E-state index contributed by atoms with van der Waals surface area (Å²) in [6.07, 6.45) is 0.844. The van der Waals surface area contributed by atoms with Crippen LogP contribution in [0.25, 0.3) is 0 Å². The zero-order valence-electron chi connectivity index (χ0n) is 16.9. The molecule has 0 fully saturated rings. The smallest absolute Gasteiger partial charge is 0.259 e. The van der Waals surface area contributed by atoms with Crippen molar-refractivity contribution in [1.29, 1.82) is 0 Å². The first kappa shape index (κ1) is 21.4. The number of benzene rings is 2. The summed E-state index contributed by atoms with van der Waals surface area (Å²) in [6.45, 7) is 2.24. The summed E-state index contributed by atoms with van der Waals surface area (Å²) < 4.78 is 5.53. The fourth-order valence-corrected chi connectivity index (χ4v) is 2.67. The molecule has 0 unspecified atom stereocenters. The Morgan fingerprint density at radius 1 is 0.964 bits per heavy atom. The number of nitrogens with one attached hydrogen (secondary N) is 1. The number of rotatable bonds is 10. The molecule has 0 aliphatic heterocycles. The maximum absolute atomic E-state index is 12.5. The van der Waals surface area contributed by atoms with Crippen molar-refractivity contribution in [3.05, 3.63) is 65.7 Å². The molecular formula is C22H29N3O3. The van der Waals surface area contributed by atoms with Crippen LogP contribution in [0.3, 0.4) is 0 Å². The molecule has 2 aromatic carbocycles. The number of amides is 2. The van der Waals surface area contributed by atoms with Gasteiger partial charge in [0.25, 0.3) is 11.8 Å². The van der Waals surface area contributed by atoms with Crippen LogP contribution in [-0.4, -0.2) is 62.5 Å². The zero-order valence-corrected chi connectivity index (χ0v) is 16.9. The molecule has 0 aliphatic rings. The Morgan fingerprint density at radius 2 is 1.64 bits per heavy atom. The monoisotopic (exact) mass is 383 g/mol. The van der Waals surface area contributed by atoms with E-state index in [1.54, 1.807) is 38.4 Å². The number of hydrogen-bond acceptors (Lipinski definition) is 4. The Hall–Kier alpha value is -2.86. The minimum absolute atomic E-state index is 0.0957. The quantitative estimate of drug-likeness (QED) is 0.640. The van der Waals surface area contributed by atoms with Gasteiger partial charge in [0, 0.05) is 27.2 Å². The summed E-state index contributed by atoms with van der Waals surface area (Å²) in [4.78, 5) is 27.9. The van der Waals surface area contributed by atoms with E-state index < -0.39 is 0 Å². The maximum Gasteiger partial charge on any atom is 0.259 e. The van der Waals surface area contributed by atoms with E-state index in [-0.39, 0.29) is 18.4 Å². The van der Waals surface area contributed by atoms with Crippen molar-refractivity contribution in [3.63, 3.8) is 0 Å². The summed E-state index contributed by atoms with van der Waals surface area (Å²) in [7, 11) is 5.40. The molecule has 0 aromatic heterocycles. The molecule has 0 heterocycles. The van der Waals surface area contributed by atoms with Gasteiger partial charge in [-0.25, -0.2) is 0 Å². The van der Waals surface area contributed by atoms with Crippen LogP contribution in [0.2, 0.25) is 0 Å². The van der Waals surface area contributed by atoms with Crippen molar-refractivity contribution in [1.82, 2.24) is 15.1 Å². The number of likely N-dealkylation sites (N-methyl/N-ethyl adjacent to an activating group) is 1. The molecule has 2 rings (SSSR count). The molecular weight excluding hydrogens is 354 g/mol. The number of carbonyl (C=O) groups excluding carboxylic acids is 2. The van der Waals surface area contributed by atoms with Gasteiger partial charge >= 0.3 is 0 Å². The van der Waals surface area contributed by atoms with Gasteiger partial charge in [0.15, 0.2) is 6.61 Å². The fraction of sp³-hybridized carbons (Fsp3) is 0.364. The molecule has 6 heteroatoms. The molecule has 28 heavy (non-hydrogen) atoms. The molecule has 2 aromatic rings. The van der Waals surface area contributed by atoms with Crippen molar-refractivity contribution >= 4 is 11.8 Å². The largest absolute Gasteiger partial charge is 0.483 e. The van der Waals surface area contributed by atoms with Crippen LogP contribution in [0.15, 0.2) is 54.6 Å². The van der Waals surface area contributed by atoms with E-state index in [9.17, 15) is 9.59 Å². The van der Waals surface area contributed by atoms with Gasteiger partial charge in [-0.1, -0.05) is 42.5 Å². The number of hydrogen-bond donors (Lipinski definition) is 1. The lowest BCUT2D eigenvalue weighted by molar-refractivity contribution is -0.130. The van der Waals surface area contributed by atoms with Crippen LogP contribution in [0.1, 0.15) is 22.3 Å². The zero-order chi connectivity index (χ0) is 20.4. The van der Waals surface area contributed by atoms with E-state index in [0.717, 1.165) is 19.5 Å². The highest BCUT2D eigenvalue weighted by molar-refractivity contribution is 5.97. The molecule has 0 atom stereocenters. The molecule has 0 saturated heterocycles. The predicted molar refractivity (Wildman–Crippen MR) is 110 cm³/mol. The molecule has 0 aliphatic carbocycles. The van der Waals surface area contributed by atoms with E-state index in [0.29, 0.717) is 17.9 Å². The van der Waals surface area contributed by atoms with Crippen molar-refractivity contribution in [2.45, 2.75) is 13.0 Å². The topological polar surface area (TPSA) is 61.9 Å². The minimum Gasteiger partial charge on any atom is -0.483 e. The first-order valence-electron chi connectivity index (χ1n) is 9.40. The van der Waals surface area contributed by atoms with Gasteiger partial charge in [-0.3, -0.25) is 9.59 Å². The Labute approximate surface area is 167 Å². The van der Waals surface area contributed by atoms with Crippen LogP contribution < -0.4 is 10.1 Å². The second-order valence-electron chi connectivity index (χ2n) is 6.91. The molecule has 1 N–H and O–H groups in total. The lowest BCUT2D eigenvalue weighted by atomic mass is 10.2. The third kappa shape index (κ3) is 7.04. The summed E-state index contributed by atoms with van der Waals surface area (Å²) in [5, 5.41) is 2.93. The lowest BCUT2D eigenvalue weighted by Gasteiger charge is -2.17. The van der Waals surface area contributed by atoms with Crippen molar-refractivity contribution < 1.29 is 14.3 Å². The number of para-hydroxylation sites is 1. The fourth-order valence-electron chi connectivity index (χ4n) is 2.67. The Kier molecular flexibility index (Phi) is 8.49. The molecule has 0 radical (unpaired) electrons. The van der Waals surface area contributed by atoms with Gasteiger partial charge in [0.1, 0.15) is 5.75 Å². The Balaban J connectivity index is 1.77. The molecule has 2 amide bonds. The summed E-state index contributed by atoms with van der Waals surface area (Å²) in [5.41, 5.74) is 1.71. The van der Waals surface area contributed by atoms with Gasteiger partial charge in [-0.2, -0.15) is 0 Å². The van der Waals surface area contributed by atoms with Crippen molar-refractivity contribution in [3.8, 4) is 5.75 Å². The SMILES string of the molecule is CN(CCCNC(=O)c1ccccc1OCC(=O)N(C)C)Cc1ccccc1. The van der Waals surface area contributed by atoms with E-state index in [2.05, 4.69) is 29.4 Å². The van der Waals surface area contributed by atoms with Gasteiger partial charge < -0.3 is 19.9 Å². The third-order valence-corrected chi connectivity index (χ3v) is 4.28. The van der Waals surface area contributed by atoms with Gasteiger partial charge in [-0.05, 0) is 37.7 Å². The maximum atomic E-state index is 12.5. The summed E-state index contributed by atoms with van der Waals surface area (Å²) >= 11 is 0. The van der Waals surface area contributed by atoms with Gasteiger partial charge in [-0.15, -0.1) is 0 Å². The average molecular weight is 383 g/mol. The van der Waals surface area contributed by atoms with Gasteiger partial charge in [0.2, 0.25) is 0 Å². The number of nitrogens with zero attached hydrogens (tertiary/aromatic N) is 2. The van der Waals surface area contributed by atoms with Crippen LogP contribution in [-0.2, 0) is 11.3 Å². The molecule has 0 saturated carbocycles. The molecule has 0 bridgehead atoms. The van der Waals surface area contributed by atoms with Crippen LogP contribution in [0.4, 0.5) is 0 Å². The number of carbonyl (C=O) groups is 2. The van der Waals surface area contributed by atoms with E-state index in [1.807, 2.05) is 18.2 Å². The first-order chi connectivity index (χ1) is 13.5. The summed E-state index contributed by atoms with van der Waals surface area (Å²) in [6, 6.07) is 17.3. The summed E-state index contributed by atoms with van der Waals surface area (Å²) in [5.74, 6) is 0.0617. The highest BCUT2D eigenvalue weighted by Crippen LogP contribution is 2.17. The lowest BCUT2D eigenvalue weighted by Crippen LogP contribution is -2.30. The van der Waals surface area contributed by atoms with Crippen LogP contribution >= 0.6 is 0 Å². The Morgan fingerprint density at radius 3 is 2.36 bits per heavy atom. The molecule has 6 nitrogen and oxygen atoms in total. The van der Waals surface area contributed by atoms with Crippen molar-refractivity contribution in [2.24, 2.45) is 0 Å². The highest BCUT2D eigenvalue weighted by atomic mass is 16.5. The van der Waals surface area contributed by atoms with Crippen LogP contribution in [0.5, 0.6) is 5.75 Å². The molecule has 150 valence electrons. The Bertz CT molecular complexity index is 763. The van der Waals surface area contributed by atoms with E-state index in [4.69, 9.17) is 4.74 Å². The predicted octanol–water partition coefficient (Wildman–Crippen LogP) is 2.41. The second-order valence-corrected chi connectivity index (χ2v) is 6.91. The molecule has 0 spiro atoms. The second kappa shape index (κ2) is 11.1. The standard InChI is InChI=1S/C22H29N3O3/c1-24(2)21(26)17-28-20-13-8-7-12-19(20)22(27)23-14-9-15-25(3)16-18-10-5-4-6-11-18/h4-8,10-13H,9,14-17H2,1-3H3,(H,23,27). The van der Waals surface area contributed by atoms with Gasteiger partial charge in [0.05, 0.1) is 5.56 Å². The highest BCUT2D eigenvalue weighted by Gasteiger charge is 2.13. The van der Waals surface area contributed by atoms with E-state index in [1.165, 1.54) is 10.5 Å². The van der Waals surface area contributed by atoms with Crippen LogP contribution in [0, 0.1) is 0 Å². The third-order valence-electron chi connectivity index (χ3n) is 4.28. The average Bonchev–Trinajstić information content (AvgIpc) is 2.70. The first-order valence-corrected chi connectivity index (χ1v) is 9.40. The van der Waals surface area contributed by atoms with E-state index >= 15 is 0 Å². The number of ether oxygens (including phenoxy) is 1. The minimum atomic E-state index is -0.196. The van der Waals surface area contributed by atoms with Crippen molar-refractivity contribution in [2.75, 3.05) is 40.8 Å². The normalized spacial score (nSPS) is 10.6.